The predicted molar refractivity (Wildman–Crippen MR) is 57.8 cm³/mol. The van der Waals surface area contributed by atoms with Crippen LogP contribution in [0.2, 0.25) is 5.02 Å². The molecule has 0 spiro atoms. The maximum Gasteiger partial charge on any atom is 0.328 e. The molecule has 0 aliphatic carbocycles. The quantitative estimate of drug-likeness (QED) is 0.767. The molecule has 2 rings (SSSR count). The highest BCUT2D eigenvalue weighted by atomic mass is 35.5. The van der Waals surface area contributed by atoms with Gasteiger partial charge in [0.15, 0.2) is 0 Å². The number of carbonyl (C=O) groups is 1. The summed E-state index contributed by atoms with van der Waals surface area (Å²) in [6.45, 7) is 0. The van der Waals surface area contributed by atoms with Crippen LogP contribution in [0.5, 0.6) is 0 Å². The molecule has 1 aromatic carbocycles. The van der Waals surface area contributed by atoms with Gasteiger partial charge in [-0.2, -0.15) is 0 Å². The molecule has 0 fully saturated rings. The number of carboxylic acids is 1. The third-order valence-electron chi connectivity index (χ3n) is 1.97. The van der Waals surface area contributed by atoms with Crippen molar-refractivity contribution >= 4 is 34.7 Å². The summed E-state index contributed by atoms with van der Waals surface area (Å²) in [5.74, 6) is -0.988. The summed E-state index contributed by atoms with van der Waals surface area (Å²) < 4.78 is 0. The Hall–Kier alpha value is -1.81. The molecule has 4 nitrogen and oxygen atoms in total. The van der Waals surface area contributed by atoms with Crippen LogP contribution < -0.4 is 0 Å². The van der Waals surface area contributed by atoms with Gasteiger partial charge in [-0.15, -0.1) is 0 Å². The van der Waals surface area contributed by atoms with Crippen LogP contribution in [0.3, 0.4) is 0 Å². The van der Waals surface area contributed by atoms with Crippen LogP contribution in [-0.4, -0.2) is 21.0 Å². The van der Waals surface area contributed by atoms with E-state index in [1.54, 1.807) is 12.1 Å². The van der Waals surface area contributed by atoms with Gasteiger partial charge in [-0.1, -0.05) is 17.7 Å². The Kier molecular flexibility index (Phi) is 2.43. The molecular formula is C10H7ClN2O2. The number of halogens is 1. The Morgan fingerprint density at radius 3 is 3.07 bits per heavy atom. The van der Waals surface area contributed by atoms with Gasteiger partial charge in [0.25, 0.3) is 0 Å². The van der Waals surface area contributed by atoms with Crippen molar-refractivity contribution in [1.82, 2.24) is 9.97 Å². The lowest BCUT2D eigenvalue weighted by atomic mass is 10.1. The van der Waals surface area contributed by atoms with Gasteiger partial charge in [0.2, 0.25) is 0 Å². The van der Waals surface area contributed by atoms with Crippen LogP contribution in [0.4, 0.5) is 0 Å². The minimum atomic E-state index is -0.988. The van der Waals surface area contributed by atoms with Gasteiger partial charge >= 0.3 is 5.97 Å². The normalized spacial score (nSPS) is 11.3. The van der Waals surface area contributed by atoms with Gasteiger partial charge in [0.05, 0.1) is 16.9 Å². The zero-order chi connectivity index (χ0) is 10.8. The van der Waals surface area contributed by atoms with Crippen LogP contribution in [0.15, 0.2) is 24.5 Å². The highest BCUT2D eigenvalue weighted by Crippen LogP contribution is 2.24. The lowest BCUT2D eigenvalue weighted by molar-refractivity contribution is -0.131. The van der Waals surface area contributed by atoms with E-state index >= 15 is 0 Å². The van der Waals surface area contributed by atoms with Crippen molar-refractivity contribution in [2.75, 3.05) is 0 Å². The Labute approximate surface area is 90.2 Å². The number of carboxylic acid groups (broad SMARTS) is 1. The van der Waals surface area contributed by atoms with Gasteiger partial charge in [-0.3, -0.25) is 0 Å². The van der Waals surface area contributed by atoms with Crippen LogP contribution >= 0.6 is 11.6 Å². The molecule has 0 saturated carbocycles. The monoisotopic (exact) mass is 222 g/mol. The molecule has 0 bridgehead atoms. The highest BCUT2D eigenvalue weighted by molar-refractivity contribution is 6.35. The molecule has 0 radical (unpaired) electrons. The van der Waals surface area contributed by atoms with Crippen molar-refractivity contribution in [1.29, 1.82) is 0 Å². The van der Waals surface area contributed by atoms with Crippen LogP contribution in [0.25, 0.3) is 17.1 Å². The van der Waals surface area contributed by atoms with E-state index in [9.17, 15) is 4.79 Å². The predicted octanol–water partition coefficient (Wildman–Crippen LogP) is 2.31. The average molecular weight is 223 g/mol. The molecule has 0 aliphatic heterocycles. The van der Waals surface area contributed by atoms with E-state index in [0.717, 1.165) is 17.2 Å². The van der Waals surface area contributed by atoms with Crippen LogP contribution in [0, 0.1) is 0 Å². The molecule has 2 aromatic rings. The number of fused-ring (bicyclic) bond motifs is 1. The van der Waals surface area contributed by atoms with Crippen molar-refractivity contribution in [3.05, 3.63) is 35.1 Å². The van der Waals surface area contributed by atoms with E-state index in [-0.39, 0.29) is 0 Å². The maximum atomic E-state index is 10.4. The first-order valence-corrected chi connectivity index (χ1v) is 4.59. The first kappa shape index (κ1) is 9.73. The Bertz CT molecular complexity index is 545. The minimum Gasteiger partial charge on any atom is -0.478 e. The molecule has 0 amide bonds. The molecule has 0 atom stereocenters. The number of imidazole rings is 1. The van der Waals surface area contributed by atoms with Crippen molar-refractivity contribution in [2.45, 2.75) is 0 Å². The molecule has 0 unspecified atom stereocenters. The second-order valence-electron chi connectivity index (χ2n) is 2.93. The van der Waals surface area contributed by atoms with Crippen LogP contribution in [-0.2, 0) is 4.79 Å². The fourth-order valence-corrected chi connectivity index (χ4v) is 1.53. The summed E-state index contributed by atoms with van der Waals surface area (Å²) >= 11 is 5.91. The van der Waals surface area contributed by atoms with Crippen molar-refractivity contribution in [3.8, 4) is 0 Å². The van der Waals surface area contributed by atoms with Gasteiger partial charge in [-0.25, -0.2) is 9.78 Å². The summed E-state index contributed by atoms with van der Waals surface area (Å²) in [6.07, 6.45) is 4.09. The number of benzene rings is 1. The zero-order valence-electron chi connectivity index (χ0n) is 7.57. The van der Waals surface area contributed by atoms with E-state index in [1.165, 1.54) is 12.4 Å². The summed E-state index contributed by atoms with van der Waals surface area (Å²) in [7, 11) is 0. The number of hydrogen-bond donors (Lipinski definition) is 2. The fraction of sp³-hybridized carbons (Fsp3) is 0. The van der Waals surface area contributed by atoms with Gasteiger partial charge in [0, 0.05) is 11.6 Å². The minimum absolute atomic E-state index is 0.540. The van der Waals surface area contributed by atoms with Crippen molar-refractivity contribution in [2.24, 2.45) is 0 Å². The fourth-order valence-electron chi connectivity index (χ4n) is 1.32. The number of aromatic nitrogens is 2. The first-order chi connectivity index (χ1) is 7.18. The number of aliphatic carboxylic acids is 1. The highest BCUT2D eigenvalue weighted by Gasteiger charge is 2.04. The number of nitrogens with zero attached hydrogens (tertiary/aromatic N) is 1. The van der Waals surface area contributed by atoms with Crippen LogP contribution in [0.1, 0.15) is 5.56 Å². The second kappa shape index (κ2) is 3.74. The number of rotatable bonds is 2. The maximum absolute atomic E-state index is 10.4. The standard InChI is InChI=1S/C10H7ClN2O2/c11-7-3-1-6(2-4-8(14)15)9-10(7)13-5-12-9/h1-5H,(H,12,13)(H,14,15)/b4-2+. The summed E-state index contributed by atoms with van der Waals surface area (Å²) in [5.41, 5.74) is 2.12. The lowest BCUT2D eigenvalue weighted by Crippen LogP contribution is -1.86. The molecular weight excluding hydrogens is 216 g/mol. The Balaban J connectivity index is 2.57. The molecule has 1 aromatic heterocycles. The molecule has 0 aliphatic rings. The average Bonchev–Trinajstić information content (AvgIpc) is 2.66. The largest absolute Gasteiger partial charge is 0.478 e. The van der Waals surface area contributed by atoms with Crippen molar-refractivity contribution < 1.29 is 9.90 Å². The Morgan fingerprint density at radius 2 is 2.33 bits per heavy atom. The third kappa shape index (κ3) is 1.85. The SMILES string of the molecule is O=C(O)/C=C/c1ccc(Cl)c2nc[nH]c12. The van der Waals surface area contributed by atoms with E-state index in [2.05, 4.69) is 9.97 Å². The molecule has 2 N–H and O–H groups in total. The molecule has 5 heteroatoms. The molecule has 0 saturated heterocycles. The molecule has 15 heavy (non-hydrogen) atoms. The summed E-state index contributed by atoms with van der Waals surface area (Å²) in [4.78, 5) is 17.3. The van der Waals surface area contributed by atoms with Crippen molar-refractivity contribution in [3.63, 3.8) is 0 Å². The van der Waals surface area contributed by atoms with E-state index < -0.39 is 5.97 Å². The smallest absolute Gasteiger partial charge is 0.328 e. The Morgan fingerprint density at radius 1 is 1.53 bits per heavy atom. The molecule has 1 heterocycles. The van der Waals surface area contributed by atoms with E-state index in [1.807, 2.05) is 0 Å². The lowest BCUT2D eigenvalue weighted by Gasteiger charge is -1.97. The number of H-pyrrole nitrogens is 1. The van der Waals surface area contributed by atoms with E-state index in [0.29, 0.717) is 10.5 Å². The van der Waals surface area contributed by atoms with Gasteiger partial charge < -0.3 is 10.1 Å². The first-order valence-electron chi connectivity index (χ1n) is 4.21. The number of nitrogens with one attached hydrogen (secondary N) is 1. The zero-order valence-corrected chi connectivity index (χ0v) is 8.32. The number of aromatic amines is 1. The summed E-state index contributed by atoms with van der Waals surface area (Å²) in [5, 5.41) is 9.05. The summed E-state index contributed by atoms with van der Waals surface area (Å²) in [6, 6.07) is 3.43. The molecule has 76 valence electrons. The van der Waals surface area contributed by atoms with E-state index in [4.69, 9.17) is 16.7 Å². The third-order valence-corrected chi connectivity index (χ3v) is 2.27. The number of hydrogen-bond acceptors (Lipinski definition) is 2. The van der Waals surface area contributed by atoms with Gasteiger partial charge in [0.1, 0.15) is 5.52 Å². The van der Waals surface area contributed by atoms with Gasteiger partial charge in [-0.05, 0) is 12.1 Å². The topological polar surface area (TPSA) is 66.0 Å². The second-order valence-corrected chi connectivity index (χ2v) is 3.34.